The van der Waals surface area contributed by atoms with Crippen LogP contribution in [0.3, 0.4) is 0 Å². The van der Waals surface area contributed by atoms with Gasteiger partial charge in [0.2, 0.25) is 5.91 Å². The van der Waals surface area contributed by atoms with E-state index in [2.05, 4.69) is 37.4 Å². The minimum absolute atomic E-state index is 0.0449. The summed E-state index contributed by atoms with van der Waals surface area (Å²) in [5, 5.41) is 2.96. The number of ether oxygens (including phenoxy) is 2. The fourth-order valence-electron chi connectivity index (χ4n) is 2.49. The first-order valence-corrected chi connectivity index (χ1v) is 7.57. The third-order valence-electron chi connectivity index (χ3n) is 3.81. The van der Waals surface area contributed by atoms with E-state index in [1.807, 2.05) is 18.2 Å². The van der Waals surface area contributed by atoms with E-state index < -0.39 is 0 Å². The maximum absolute atomic E-state index is 12.2. The van der Waals surface area contributed by atoms with Crippen molar-refractivity contribution in [2.24, 2.45) is 0 Å². The lowest BCUT2D eigenvalue weighted by atomic mass is 10.1. The molecule has 122 valence electrons. The summed E-state index contributed by atoms with van der Waals surface area (Å²) in [5.41, 5.74) is 4.34. The van der Waals surface area contributed by atoms with Gasteiger partial charge in [0, 0.05) is 12.1 Å². The van der Waals surface area contributed by atoms with Crippen LogP contribution in [-0.2, 0) is 17.8 Å². The van der Waals surface area contributed by atoms with Crippen molar-refractivity contribution in [1.82, 2.24) is 5.32 Å². The first-order valence-electron chi connectivity index (χ1n) is 7.57. The van der Waals surface area contributed by atoms with Crippen molar-refractivity contribution >= 4 is 5.91 Å². The number of benzene rings is 2. The van der Waals surface area contributed by atoms with Crippen molar-refractivity contribution in [3.05, 3.63) is 58.7 Å². The minimum Gasteiger partial charge on any atom is -0.497 e. The van der Waals surface area contributed by atoms with Gasteiger partial charge in [-0.05, 0) is 43.2 Å². The number of methoxy groups -OCH3 is 2. The van der Waals surface area contributed by atoms with E-state index >= 15 is 0 Å². The summed E-state index contributed by atoms with van der Waals surface area (Å²) in [6.45, 7) is 4.64. The summed E-state index contributed by atoms with van der Waals surface area (Å²) in [4.78, 5) is 12.2. The molecule has 0 aliphatic rings. The fourth-order valence-corrected chi connectivity index (χ4v) is 2.49. The van der Waals surface area contributed by atoms with Crippen LogP contribution in [0.4, 0.5) is 0 Å². The normalized spacial score (nSPS) is 10.3. The summed E-state index contributed by atoms with van der Waals surface area (Å²) in [7, 11) is 3.20. The van der Waals surface area contributed by atoms with Gasteiger partial charge in [-0.25, -0.2) is 0 Å². The molecule has 0 spiro atoms. The Hall–Kier alpha value is -2.49. The van der Waals surface area contributed by atoms with Crippen LogP contribution in [0.15, 0.2) is 36.4 Å². The van der Waals surface area contributed by atoms with Crippen LogP contribution < -0.4 is 14.8 Å². The van der Waals surface area contributed by atoms with Crippen molar-refractivity contribution in [2.45, 2.75) is 26.8 Å². The third-order valence-corrected chi connectivity index (χ3v) is 3.81. The number of carbonyl (C=O) groups is 1. The van der Waals surface area contributed by atoms with E-state index in [4.69, 9.17) is 9.47 Å². The predicted molar refractivity (Wildman–Crippen MR) is 91.0 cm³/mol. The van der Waals surface area contributed by atoms with Crippen molar-refractivity contribution in [2.75, 3.05) is 14.2 Å². The summed E-state index contributed by atoms with van der Waals surface area (Å²) < 4.78 is 10.5. The van der Waals surface area contributed by atoms with Gasteiger partial charge in [-0.3, -0.25) is 4.79 Å². The molecule has 0 aromatic heterocycles. The van der Waals surface area contributed by atoms with E-state index in [1.54, 1.807) is 14.2 Å². The van der Waals surface area contributed by atoms with Crippen LogP contribution in [0, 0.1) is 13.8 Å². The molecule has 0 unspecified atom stereocenters. The van der Waals surface area contributed by atoms with Gasteiger partial charge in [-0.15, -0.1) is 0 Å². The molecule has 4 heteroatoms. The van der Waals surface area contributed by atoms with E-state index in [9.17, 15) is 4.79 Å². The van der Waals surface area contributed by atoms with E-state index in [-0.39, 0.29) is 12.3 Å². The maximum Gasteiger partial charge on any atom is 0.224 e. The average molecular weight is 313 g/mol. The van der Waals surface area contributed by atoms with Crippen molar-refractivity contribution < 1.29 is 14.3 Å². The monoisotopic (exact) mass is 313 g/mol. The molecule has 0 radical (unpaired) electrons. The first-order chi connectivity index (χ1) is 11.0. The van der Waals surface area contributed by atoms with Gasteiger partial charge < -0.3 is 14.8 Å². The Balaban J connectivity index is 2.02. The molecule has 0 heterocycles. The van der Waals surface area contributed by atoms with Gasteiger partial charge in [-0.2, -0.15) is 0 Å². The number of aryl methyl sites for hydroxylation is 2. The standard InChI is InChI=1S/C19H23NO3/c1-13-5-6-15(14(2)9-13)12-20-19(21)11-16-10-17(22-3)7-8-18(16)23-4/h5-10H,11-12H2,1-4H3,(H,20,21). The lowest BCUT2D eigenvalue weighted by Crippen LogP contribution is -2.25. The molecule has 1 N–H and O–H groups in total. The fraction of sp³-hybridized carbons (Fsp3) is 0.316. The summed E-state index contributed by atoms with van der Waals surface area (Å²) >= 11 is 0. The molecule has 0 aliphatic heterocycles. The first kappa shape index (κ1) is 16.9. The smallest absolute Gasteiger partial charge is 0.224 e. The van der Waals surface area contributed by atoms with Crippen molar-refractivity contribution in [3.8, 4) is 11.5 Å². The van der Waals surface area contributed by atoms with Crippen LogP contribution in [-0.4, -0.2) is 20.1 Å². The van der Waals surface area contributed by atoms with E-state index in [1.165, 1.54) is 11.1 Å². The number of rotatable bonds is 6. The minimum atomic E-state index is -0.0449. The number of amides is 1. The Labute approximate surface area is 137 Å². The highest BCUT2D eigenvalue weighted by Gasteiger charge is 2.10. The molecule has 2 aromatic rings. The van der Waals surface area contributed by atoms with Gasteiger partial charge in [0.1, 0.15) is 11.5 Å². The van der Waals surface area contributed by atoms with Crippen molar-refractivity contribution in [3.63, 3.8) is 0 Å². The highest BCUT2D eigenvalue weighted by molar-refractivity contribution is 5.79. The molecule has 0 bridgehead atoms. The van der Waals surface area contributed by atoms with Gasteiger partial charge >= 0.3 is 0 Å². The summed E-state index contributed by atoms with van der Waals surface area (Å²) in [6, 6.07) is 11.7. The van der Waals surface area contributed by atoms with Crippen LogP contribution in [0.1, 0.15) is 22.3 Å². The Bertz CT molecular complexity index is 695. The molecule has 4 nitrogen and oxygen atoms in total. The SMILES string of the molecule is COc1ccc(OC)c(CC(=O)NCc2ccc(C)cc2C)c1. The Morgan fingerprint density at radius 1 is 1.00 bits per heavy atom. The number of carbonyl (C=O) groups excluding carboxylic acids is 1. The summed E-state index contributed by atoms with van der Waals surface area (Å²) in [5.74, 6) is 1.35. The number of hydrogen-bond donors (Lipinski definition) is 1. The quantitative estimate of drug-likeness (QED) is 0.891. The topological polar surface area (TPSA) is 47.6 Å². The molecule has 1 amide bonds. The molecule has 0 atom stereocenters. The van der Waals surface area contributed by atoms with Crippen LogP contribution in [0.5, 0.6) is 11.5 Å². The van der Waals surface area contributed by atoms with Gasteiger partial charge in [0.25, 0.3) is 0 Å². The van der Waals surface area contributed by atoms with Crippen LogP contribution >= 0.6 is 0 Å². The van der Waals surface area contributed by atoms with Crippen LogP contribution in [0.25, 0.3) is 0 Å². The lowest BCUT2D eigenvalue weighted by molar-refractivity contribution is -0.120. The molecule has 2 aromatic carbocycles. The number of hydrogen-bond acceptors (Lipinski definition) is 3. The average Bonchev–Trinajstić information content (AvgIpc) is 2.54. The molecule has 0 saturated carbocycles. The molecule has 0 fully saturated rings. The van der Waals surface area contributed by atoms with E-state index in [0.29, 0.717) is 18.0 Å². The van der Waals surface area contributed by atoms with Gasteiger partial charge in [0.05, 0.1) is 20.6 Å². The Morgan fingerprint density at radius 2 is 1.78 bits per heavy atom. The second-order valence-corrected chi connectivity index (χ2v) is 5.56. The summed E-state index contributed by atoms with van der Waals surface area (Å²) in [6.07, 6.45) is 0.255. The van der Waals surface area contributed by atoms with E-state index in [0.717, 1.165) is 11.1 Å². The molecule has 23 heavy (non-hydrogen) atoms. The third kappa shape index (κ3) is 4.49. The second kappa shape index (κ2) is 7.68. The van der Waals surface area contributed by atoms with Gasteiger partial charge in [-0.1, -0.05) is 23.8 Å². The largest absolute Gasteiger partial charge is 0.497 e. The van der Waals surface area contributed by atoms with Crippen LogP contribution in [0.2, 0.25) is 0 Å². The zero-order valence-corrected chi connectivity index (χ0v) is 14.1. The molecular weight excluding hydrogens is 290 g/mol. The maximum atomic E-state index is 12.2. The Morgan fingerprint density at radius 3 is 2.43 bits per heavy atom. The molecule has 0 aliphatic carbocycles. The highest BCUT2D eigenvalue weighted by atomic mass is 16.5. The van der Waals surface area contributed by atoms with Gasteiger partial charge in [0.15, 0.2) is 0 Å². The molecule has 0 saturated heterocycles. The number of nitrogens with one attached hydrogen (secondary N) is 1. The van der Waals surface area contributed by atoms with Crippen molar-refractivity contribution in [1.29, 1.82) is 0 Å². The zero-order chi connectivity index (χ0) is 16.8. The second-order valence-electron chi connectivity index (χ2n) is 5.56. The predicted octanol–water partition coefficient (Wildman–Crippen LogP) is 3.18. The molecule has 2 rings (SSSR count). The Kier molecular flexibility index (Phi) is 5.63. The zero-order valence-electron chi connectivity index (χ0n) is 14.1. The lowest BCUT2D eigenvalue weighted by Gasteiger charge is -2.12. The highest BCUT2D eigenvalue weighted by Crippen LogP contribution is 2.24. The molecular formula is C19H23NO3.